The summed E-state index contributed by atoms with van der Waals surface area (Å²) in [5, 5.41) is 0. The van der Waals surface area contributed by atoms with Crippen LogP contribution in [0, 0.1) is 0 Å². The highest BCUT2D eigenvalue weighted by molar-refractivity contribution is 5.94. The van der Waals surface area contributed by atoms with Crippen molar-refractivity contribution in [3.63, 3.8) is 0 Å². The van der Waals surface area contributed by atoms with Crippen molar-refractivity contribution in [3.05, 3.63) is 42.0 Å². The van der Waals surface area contributed by atoms with Crippen LogP contribution in [0.4, 0.5) is 9.59 Å². The molecule has 0 aliphatic heterocycles. The van der Waals surface area contributed by atoms with E-state index in [1.165, 1.54) is 7.11 Å². The quantitative estimate of drug-likeness (QED) is 0.466. The summed E-state index contributed by atoms with van der Waals surface area (Å²) in [6.07, 6.45) is 2.44. The number of carbonyl (C=O) groups is 3. The Kier molecular flexibility index (Phi) is 9.08. The van der Waals surface area contributed by atoms with E-state index in [0.717, 1.165) is 5.56 Å². The predicted octanol–water partition coefficient (Wildman–Crippen LogP) is 5.19. The molecule has 1 aromatic carbocycles. The van der Waals surface area contributed by atoms with E-state index in [1.807, 2.05) is 42.5 Å². The van der Waals surface area contributed by atoms with Crippen LogP contribution in [0.2, 0.25) is 0 Å². The van der Waals surface area contributed by atoms with E-state index in [9.17, 15) is 14.4 Å². The number of hydrogen-bond acceptors (Lipinski definition) is 6. The smallest absolute Gasteiger partial charge is 0.420 e. The SMILES string of the molecule is COC(=O)[C@H](CC/C=C\c1ccccc1)N(C(=O)OC(C)(C)C)C(=O)OC(C)(C)C. The molecule has 30 heavy (non-hydrogen) atoms. The number of esters is 1. The maximum absolute atomic E-state index is 12.8. The van der Waals surface area contributed by atoms with Crippen molar-refractivity contribution in [2.24, 2.45) is 0 Å². The summed E-state index contributed by atoms with van der Waals surface area (Å²) in [7, 11) is 1.21. The van der Waals surface area contributed by atoms with Gasteiger partial charge in [0, 0.05) is 0 Å². The van der Waals surface area contributed by atoms with Crippen LogP contribution in [0.5, 0.6) is 0 Å². The van der Waals surface area contributed by atoms with Crippen molar-refractivity contribution in [2.45, 2.75) is 71.6 Å². The number of rotatable bonds is 6. The van der Waals surface area contributed by atoms with Crippen LogP contribution in [0.1, 0.15) is 59.9 Å². The maximum Gasteiger partial charge on any atom is 0.420 e. The molecule has 0 aromatic heterocycles. The van der Waals surface area contributed by atoms with E-state index >= 15 is 0 Å². The van der Waals surface area contributed by atoms with E-state index < -0.39 is 35.4 Å². The monoisotopic (exact) mass is 419 g/mol. The minimum Gasteiger partial charge on any atom is -0.467 e. The number of amides is 2. The first-order valence-corrected chi connectivity index (χ1v) is 9.88. The Balaban J connectivity index is 3.09. The molecule has 0 bridgehead atoms. The van der Waals surface area contributed by atoms with Crippen molar-refractivity contribution in [1.82, 2.24) is 4.90 Å². The van der Waals surface area contributed by atoms with Gasteiger partial charge in [-0.2, -0.15) is 4.90 Å². The van der Waals surface area contributed by atoms with Gasteiger partial charge in [0.1, 0.15) is 17.2 Å². The number of ether oxygens (including phenoxy) is 3. The van der Waals surface area contributed by atoms with E-state index in [-0.39, 0.29) is 6.42 Å². The summed E-state index contributed by atoms with van der Waals surface area (Å²) in [6, 6.07) is 8.47. The van der Waals surface area contributed by atoms with Crippen LogP contribution in [0.15, 0.2) is 36.4 Å². The lowest BCUT2D eigenvalue weighted by molar-refractivity contribution is -0.146. The second-order valence-corrected chi connectivity index (χ2v) is 8.76. The minimum absolute atomic E-state index is 0.161. The Bertz CT molecular complexity index is 715. The molecule has 0 spiro atoms. The van der Waals surface area contributed by atoms with Gasteiger partial charge < -0.3 is 14.2 Å². The molecule has 0 N–H and O–H groups in total. The molecule has 0 saturated carbocycles. The molecule has 0 unspecified atom stereocenters. The topological polar surface area (TPSA) is 82.1 Å². The molecule has 0 fully saturated rings. The Labute approximate surface area is 179 Å². The Morgan fingerprint density at radius 2 is 1.43 bits per heavy atom. The summed E-state index contributed by atoms with van der Waals surface area (Å²) < 4.78 is 15.5. The predicted molar refractivity (Wildman–Crippen MR) is 115 cm³/mol. The van der Waals surface area contributed by atoms with Crippen LogP contribution in [-0.2, 0) is 19.0 Å². The molecular weight excluding hydrogens is 386 g/mol. The largest absolute Gasteiger partial charge is 0.467 e. The molecule has 0 heterocycles. The summed E-state index contributed by atoms with van der Waals surface area (Å²) in [5.74, 6) is -0.722. The summed E-state index contributed by atoms with van der Waals surface area (Å²) >= 11 is 0. The maximum atomic E-state index is 12.8. The lowest BCUT2D eigenvalue weighted by Crippen LogP contribution is -2.52. The summed E-state index contributed by atoms with van der Waals surface area (Å²) in [5.41, 5.74) is -0.709. The third kappa shape index (κ3) is 9.11. The molecule has 0 aliphatic carbocycles. The van der Waals surface area contributed by atoms with Crippen LogP contribution < -0.4 is 0 Å². The van der Waals surface area contributed by atoms with Gasteiger partial charge in [0.15, 0.2) is 0 Å². The zero-order valence-electron chi connectivity index (χ0n) is 18.9. The van der Waals surface area contributed by atoms with Crippen molar-refractivity contribution >= 4 is 24.2 Å². The molecule has 0 radical (unpaired) electrons. The van der Waals surface area contributed by atoms with Gasteiger partial charge in [-0.15, -0.1) is 0 Å². The third-order valence-corrected chi connectivity index (χ3v) is 3.68. The molecule has 1 aromatic rings. The Hall–Kier alpha value is -2.83. The number of imide groups is 1. The normalized spacial score (nSPS) is 12.9. The minimum atomic E-state index is -1.18. The molecule has 7 nitrogen and oxygen atoms in total. The summed E-state index contributed by atoms with van der Waals surface area (Å²) in [6.45, 7) is 10.0. The van der Waals surface area contributed by atoms with Gasteiger partial charge in [-0.3, -0.25) is 0 Å². The fourth-order valence-corrected chi connectivity index (χ4v) is 2.48. The fourth-order valence-electron chi connectivity index (χ4n) is 2.48. The molecule has 0 aliphatic rings. The Morgan fingerprint density at radius 3 is 1.87 bits per heavy atom. The first-order chi connectivity index (χ1) is 13.8. The molecular formula is C23H33NO6. The number of benzene rings is 1. The lowest BCUT2D eigenvalue weighted by Gasteiger charge is -2.32. The third-order valence-electron chi connectivity index (χ3n) is 3.68. The highest BCUT2D eigenvalue weighted by atomic mass is 16.6. The molecule has 1 atom stereocenters. The van der Waals surface area contributed by atoms with Gasteiger partial charge in [-0.05, 0) is 59.9 Å². The van der Waals surface area contributed by atoms with Crippen LogP contribution in [-0.4, -0.2) is 47.4 Å². The van der Waals surface area contributed by atoms with E-state index in [1.54, 1.807) is 41.5 Å². The Morgan fingerprint density at radius 1 is 0.933 bits per heavy atom. The zero-order chi connectivity index (χ0) is 22.9. The number of methoxy groups -OCH3 is 1. The van der Waals surface area contributed by atoms with Crippen molar-refractivity contribution in [3.8, 4) is 0 Å². The molecule has 2 amide bonds. The number of nitrogens with zero attached hydrogens (tertiary/aromatic N) is 1. The highest BCUT2D eigenvalue weighted by Gasteiger charge is 2.40. The van der Waals surface area contributed by atoms with Crippen molar-refractivity contribution in [2.75, 3.05) is 7.11 Å². The molecule has 7 heteroatoms. The molecule has 1 rings (SSSR count). The average molecular weight is 420 g/mol. The van der Waals surface area contributed by atoms with Crippen LogP contribution >= 0.6 is 0 Å². The second kappa shape index (κ2) is 10.8. The fraction of sp³-hybridized carbons (Fsp3) is 0.522. The number of allylic oxidation sites excluding steroid dienone is 1. The van der Waals surface area contributed by atoms with Gasteiger partial charge in [-0.1, -0.05) is 42.5 Å². The van der Waals surface area contributed by atoms with Gasteiger partial charge in [0.05, 0.1) is 7.11 Å². The highest BCUT2D eigenvalue weighted by Crippen LogP contribution is 2.20. The molecule has 0 saturated heterocycles. The van der Waals surface area contributed by atoms with Crippen molar-refractivity contribution in [1.29, 1.82) is 0 Å². The number of carbonyl (C=O) groups excluding carboxylic acids is 3. The lowest BCUT2D eigenvalue weighted by atomic mass is 10.1. The van der Waals surface area contributed by atoms with Crippen molar-refractivity contribution < 1.29 is 28.6 Å². The van der Waals surface area contributed by atoms with Crippen LogP contribution in [0.3, 0.4) is 0 Å². The van der Waals surface area contributed by atoms with E-state index in [4.69, 9.17) is 14.2 Å². The van der Waals surface area contributed by atoms with Gasteiger partial charge >= 0.3 is 18.2 Å². The van der Waals surface area contributed by atoms with E-state index in [0.29, 0.717) is 11.3 Å². The van der Waals surface area contributed by atoms with Crippen LogP contribution in [0.25, 0.3) is 6.08 Å². The van der Waals surface area contributed by atoms with Gasteiger partial charge in [0.25, 0.3) is 0 Å². The second-order valence-electron chi connectivity index (χ2n) is 8.76. The summed E-state index contributed by atoms with van der Waals surface area (Å²) in [4.78, 5) is 38.7. The average Bonchev–Trinajstić information content (AvgIpc) is 2.61. The first-order valence-electron chi connectivity index (χ1n) is 9.88. The number of hydrogen-bond donors (Lipinski definition) is 0. The first kappa shape index (κ1) is 25.2. The zero-order valence-corrected chi connectivity index (χ0v) is 18.9. The standard InChI is InChI=1S/C23H33NO6/c1-22(2,3)29-20(26)24(21(27)30-23(4,5)6)18(19(25)28-7)16-12-11-15-17-13-9-8-10-14-17/h8-11,13-15,18H,12,16H2,1-7H3/b15-11-/t18-/m0/s1. The van der Waals surface area contributed by atoms with E-state index in [2.05, 4.69) is 0 Å². The van der Waals surface area contributed by atoms with Gasteiger partial charge in [0.2, 0.25) is 0 Å². The van der Waals surface area contributed by atoms with Gasteiger partial charge in [-0.25, -0.2) is 14.4 Å². The molecule has 166 valence electrons.